The van der Waals surface area contributed by atoms with Crippen LogP contribution >= 0.6 is 0 Å². The number of hydrogen-bond acceptors (Lipinski definition) is 3. The lowest BCUT2D eigenvalue weighted by Gasteiger charge is -2.24. The average molecular weight is 238 g/mol. The number of pyridine rings is 1. The first-order valence-corrected chi connectivity index (χ1v) is 6.53. The minimum Gasteiger partial charge on any atom is -0.382 e. The van der Waals surface area contributed by atoms with E-state index in [4.69, 9.17) is 4.74 Å². The molecule has 0 aromatic carbocycles. The molecule has 0 bridgehead atoms. The zero-order valence-electron chi connectivity index (χ0n) is 11.2. The Hall–Kier alpha value is -1.09. The van der Waals surface area contributed by atoms with Gasteiger partial charge in [0.05, 0.1) is 0 Å². The molecule has 0 unspecified atom stereocenters. The van der Waals surface area contributed by atoms with Crippen molar-refractivity contribution in [1.29, 1.82) is 0 Å². The normalized spacial score (nSPS) is 15.9. The lowest BCUT2D eigenvalue weighted by molar-refractivity contribution is 0.0904. The van der Waals surface area contributed by atoms with Crippen LogP contribution in [-0.2, 0) is 4.74 Å². The second kappa shape index (κ2) is 8.07. The number of aryl methyl sites for hydroxylation is 1. The van der Waals surface area contributed by atoms with E-state index in [0.717, 1.165) is 31.7 Å². The van der Waals surface area contributed by atoms with Crippen LogP contribution in [0.5, 0.6) is 0 Å². The SMILES string of the molecule is CCC.Cc1cc(NC2CCOCC2)ccn1.[HH]. The molecule has 98 valence electrons. The molecule has 0 radical (unpaired) electrons. The largest absolute Gasteiger partial charge is 0.382 e. The summed E-state index contributed by atoms with van der Waals surface area (Å²) in [4.78, 5) is 4.17. The Morgan fingerprint density at radius 3 is 2.65 bits per heavy atom. The Morgan fingerprint density at radius 1 is 1.41 bits per heavy atom. The second-order valence-corrected chi connectivity index (χ2v) is 4.42. The van der Waals surface area contributed by atoms with Gasteiger partial charge in [0.1, 0.15) is 0 Å². The highest BCUT2D eigenvalue weighted by atomic mass is 16.5. The van der Waals surface area contributed by atoms with Crippen LogP contribution in [0.2, 0.25) is 0 Å². The predicted octanol–water partition coefficient (Wildman–Crippen LogP) is 3.64. The molecule has 2 rings (SSSR count). The summed E-state index contributed by atoms with van der Waals surface area (Å²) in [7, 11) is 0. The lowest BCUT2D eigenvalue weighted by atomic mass is 10.1. The van der Waals surface area contributed by atoms with Crippen molar-refractivity contribution in [2.45, 2.75) is 46.1 Å². The Bertz CT molecular complexity index is 314. The minimum atomic E-state index is 0. The van der Waals surface area contributed by atoms with Crippen molar-refractivity contribution in [2.24, 2.45) is 0 Å². The van der Waals surface area contributed by atoms with Gasteiger partial charge in [-0.2, -0.15) is 0 Å². The molecule has 17 heavy (non-hydrogen) atoms. The molecule has 3 heteroatoms. The van der Waals surface area contributed by atoms with E-state index in [-0.39, 0.29) is 1.43 Å². The molecular formula is C14H26N2O. The quantitative estimate of drug-likeness (QED) is 0.854. The summed E-state index contributed by atoms with van der Waals surface area (Å²) in [6, 6.07) is 4.66. The Morgan fingerprint density at radius 2 is 2.06 bits per heavy atom. The highest BCUT2D eigenvalue weighted by Gasteiger charge is 2.12. The number of anilines is 1. The molecule has 0 atom stereocenters. The first-order chi connectivity index (χ1) is 8.26. The third kappa shape index (κ3) is 5.68. The zero-order chi connectivity index (χ0) is 12.5. The third-order valence-corrected chi connectivity index (χ3v) is 2.49. The number of hydrogen-bond donors (Lipinski definition) is 1. The van der Waals surface area contributed by atoms with Crippen LogP contribution in [0, 0.1) is 6.92 Å². The first kappa shape index (κ1) is 14.0. The molecule has 1 aromatic heterocycles. The maximum absolute atomic E-state index is 5.31. The molecular weight excluding hydrogens is 212 g/mol. The van der Waals surface area contributed by atoms with E-state index >= 15 is 0 Å². The van der Waals surface area contributed by atoms with Crippen LogP contribution < -0.4 is 5.32 Å². The lowest BCUT2D eigenvalue weighted by Crippen LogP contribution is -2.27. The maximum Gasteiger partial charge on any atom is 0.0485 e. The van der Waals surface area contributed by atoms with Crippen molar-refractivity contribution < 1.29 is 6.16 Å². The molecule has 1 fully saturated rings. The van der Waals surface area contributed by atoms with Crippen molar-refractivity contribution in [3.05, 3.63) is 24.0 Å². The molecule has 3 nitrogen and oxygen atoms in total. The molecule has 1 saturated heterocycles. The summed E-state index contributed by atoms with van der Waals surface area (Å²) in [6.45, 7) is 8.01. The molecule has 1 aliphatic rings. The number of rotatable bonds is 2. The molecule has 2 heterocycles. The third-order valence-electron chi connectivity index (χ3n) is 2.49. The van der Waals surface area contributed by atoms with E-state index in [9.17, 15) is 0 Å². The number of ether oxygens (including phenoxy) is 1. The summed E-state index contributed by atoms with van der Waals surface area (Å²) in [5.41, 5.74) is 2.23. The van der Waals surface area contributed by atoms with Crippen LogP contribution in [0.1, 0.15) is 40.2 Å². The van der Waals surface area contributed by atoms with Crippen LogP contribution in [0.3, 0.4) is 0 Å². The molecule has 1 aliphatic heterocycles. The summed E-state index contributed by atoms with van der Waals surface area (Å²) in [5.74, 6) is 0. The van der Waals surface area contributed by atoms with Gasteiger partial charge < -0.3 is 10.1 Å². The van der Waals surface area contributed by atoms with Gasteiger partial charge >= 0.3 is 0 Å². The fraction of sp³-hybridized carbons (Fsp3) is 0.643. The van der Waals surface area contributed by atoms with Crippen molar-refractivity contribution in [3.8, 4) is 0 Å². The van der Waals surface area contributed by atoms with E-state index < -0.39 is 0 Å². The van der Waals surface area contributed by atoms with Crippen LogP contribution in [-0.4, -0.2) is 24.2 Å². The van der Waals surface area contributed by atoms with E-state index in [1.54, 1.807) is 0 Å². The molecule has 1 N–H and O–H groups in total. The zero-order valence-corrected chi connectivity index (χ0v) is 11.2. The van der Waals surface area contributed by atoms with Gasteiger partial charge in [0.2, 0.25) is 0 Å². The highest BCUT2D eigenvalue weighted by Crippen LogP contribution is 2.14. The van der Waals surface area contributed by atoms with Crippen molar-refractivity contribution >= 4 is 5.69 Å². The van der Waals surface area contributed by atoms with Crippen molar-refractivity contribution in [2.75, 3.05) is 18.5 Å². The van der Waals surface area contributed by atoms with Gasteiger partial charge in [0, 0.05) is 38.3 Å². The summed E-state index contributed by atoms with van der Waals surface area (Å²) in [5, 5.41) is 3.50. The molecule has 1 aromatic rings. The van der Waals surface area contributed by atoms with Gasteiger partial charge in [0.15, 0.2) is 0 Å². The Kier molecular flexibility index (Phi) is 6.63. The summed E-state index contributed by atoms with van der Waals surface area (Å²) < 4.78 is 5.31. The van der Waals surface area contributed by atoms with Gasteiger partial charge in [-0.25, -0.2) is 0 Å². The molecule has 0 spiro atoms. The predicted molar refractivity (Wildman–Crippen MR) is 74.5 cm³/mol. The number of aromatic nitrogens is 1. The topological polar surface area (TPSA) is 34.1 Å². The van der Waals surface area contributed by atoms with Gasteiger partial charge in [-0.05, 0) is 31.9 Å². The second-order valence-electron chi connectivity index (χ2n) is 4.42. The van der Waals surface area contributed by atoms with Crippen molar-refractivity contribution in [1.82, 2.24) is 4.98 Å². The van der Waals surface area contributed by atoms with Gasteiger partial charge in [-0.3, -0.25) is 4.98 Å². The van der Waals surface area contributed by atoms with Gasteiger partial charge in [0.25, 0.3) is 0 Å². The average Bonchev–Trinajstić information content (AvgIpc) is 2.31. The fourth-order valence-corrected chi connectivity index (χ4v) is 1.71. The first-order valence-electron chi connectivity index (χ1n) is 6.53. The highest BCUT2D eigenvalue weighted by molar-refractivity contribution is 5.43. The summed E-state index contributed by atoms with van der Waals surface area (Å²) >= 11 is 0. The van der Waals surface area contributed by atoms with Gasteiger partial charge in [-0.15, -0.1) is 0 Å². The maximum atomic E-state index is 5.31. The monoisotopic (exact) mass is 238 g/mol. The fourth-order valence-electron chi connectivity index (χ4n) is 1.71. The van der Waals surface area contributed by atoms with E-state index in [1.807, 2.05) is 19.2 Å². The van der Waals surface area contributed by atoms with Gasteiger partial charge in [-0.1, -0.05) is 20.3 Å². The number of nitrogens with zero attached hydrogens (tertiary/aromatic N) is 1. The van der Waals surface area contributed by atoms with Crippen LogP contribution in [0.25, 0.3) is 0 Å². The molecule has 0 saturated carbocycles. The number of nitrogens with one attached hydrogen (secondary N) is 1. The van der Waals surface area contributed by atoms with E-state index in [1.165, 1.54) is 12.1 Å². The standard InChI is InChI=1S/C11H16N2O.C3H8.H2/c1-9-8-11(2-5-12-9)13-10-3-6-14-7-4-10;1-3-2;/h2,5,8,10H,3-4,6-7H2,1H3,(H,12,13);3H2,1-2H3;1H. The van der Waals surface area contributed by atoms with Crippen LogP contribution in [0.15, 0.2) is 18.3 Å². The minimum absolute atomic E-state index is 0. The Labute approximate surface area is 106 Å². The van der Waals surface area contributed by atoms with Crippen molar-refractivity contribution in [3.63, 3.8) is 0 Å². The summed E-state index contributed by atoms with van der Waals surface area (Å²) in [6.07, 6.45) is 5.29. The molecule has 0 amide bonds. The van der Waals surface area contributed by atoms with E-state index in [0.29, 0.717) is 6.04 Å². The Balaban J connectivity index is 0.000000660. The van der Waals surface area contributed by atoms with E-state index in [2.05, 4.69) is 30.2 Å². The van der Waals surface area contributed by atoms with Crippen LogP contribution in [0.4, 0.5) is 5.69 Å². The smallest absolute Gasteiger partial charge is 0.0485 e. The molecule has 0 aliphatic carbocycles.